The number of hydrogen-bond acceptors (Lipinski definition) is 5. The lowest BCUT2D eigenvalue weighted by molar-refractivity contribution is 0.0756. The molecule has 1 aromatic rings. The van der Waals surface area contributed by atoms with Crippen molar-refractivity contribution in [2.75, 3.05) is 25.5 Å². The Morgan fingerprint density at radius 3 is 3.15 bits per heavy atom. The molecule has 0 aromatic carbocycles. The van der Waals surface area contributed by atoms with Gasteiger partial charge in [0.05, 0.1) is 24.9 Å². The van der Waals surface area contributed by atoms with E-state index in [1.54, 1.807) is 6.07 Å². The van der Waals surface area contributed by atoms with Gasteiger partial charge in [0.15, 0.2) is 0 Å². The van der Waals surface area contributed by atoms with Crippen LogP contribution in [0.15, 0.2) is 12.4 Å². The number of hydrogen-bond donors (Lipinski definition) is 2. The van der Waals surface area contributed by atoms with Crippen molar-refractivity contribution in [2.45, 2.75) is 6.04 Å². The molecule has 1 aromatic heterocycles. The van der Waals surface area contributed by atoms with Gasteiger partial charge < -0.3 is 15.8 Å². The average molecular weight is 180 g/mol. The number of nitrogens with zero attached hydrogens (tertiary/aromatic N) is 2. The highest BCUT2D eigenvalue weighted by atomic mass is 16.5. The molecule has 1 aliphatic heterocycles. The van der Waals surface area contributed by atoms with Crippen LogP contribution in [0.25, 0.3) is 0 Å². The molecule has 70 valence electrons. The minimum atomic E-state index is 0.152. The SMILES string of the molecule is Nc1cc(C2COCCN2)ncn1. The number of rotatable bonds is 1. The molecule has 0 amide bonds. The molecule has 0 saturated carbocycles. The second-order valence-electron chi connectivity index (χ2n) is 2.95. The van der Waals surface area contributed by atoms with Crippen LogP contribution in [0.4, 0.5) is 5.82 Å². The van der Waals surface area contributed by atoms with Gasteiger partial charge >= 0.3 is 0 Å². The van der Waals surface area contributed by atoms with Crippen molar-refractivity contribution >= 4 is 5.82 Å². The zero-order valence-electron chi connectivity index (χ0n) is 7.23. The summed E-state index contributed by atoms with van der Waals surface area (Å²) in [6.45, 7) is 2.27. The summed E-state index contributed by atoms with van der Waals surface area (Å²) in [6, 6.07) is 1.92. The highest BCUT2D eigenvalue weighted by molar-refractivity contribution is 5.29. The molecule has 2 heterocycles. The first-order valence-corrected chi connectivity index (χ1v) is 4.25. The Bertz CT molecular complexity index is 285. The van der Waals surface area contributed by atoms with Gasteiger partial charge in [-0.3, -0.25) is 0 Å². The monoisotopic (exact) mass is 180 g/mol. The molecule has 3 N–H and O–H groups in total. The van der Waals surface area contributed by atoms with Crippen molar-refractivity contribution in [3.05, 3.63) is 18.1 Å². The third kappa shape index (κ3) is 1.93. The van der Waals surface area contributed by atoms with E-state index in [0.29, 0.717) is 12.4 Å². The molecule has 5 heteroatoms. The molecule has 1 unspecified atom stereocenters. The molecule has 1 atom stereocenters. The van der Waals surface area contributed by atoms with E-state index < -0.39 is 0 Å². The van der Waals surface area contributed by atoms with E-state index in [1.165, 1.54) is 6.33 Å². The summed E-state index contributed by atoms with van der Waals surface area (Å²) in [5, 5.41) is 3.29. The first-order valence-electron chi connectivity index (χ1n) is 4.25. The number of morpholine rings is 1. The molecule has 2 rings (SSSR count). The average Bonchev–Trinajstić information content (AvgIpc) is 2.19. The van der Waals surface area contributed by atoms with Crippen LogP contribution in [0.3, 0.4) is 0 Å². The largest absolute Gasteiger partial charge is 0.384 e. The van der Waals surface area contributed by atoms with Crippen LogP contribution in [0, 0.1) is 0 Å². The molecule has 0 aliphatic carbocycles. The molecular formula is C8H12N4O. The topological polar surface area (TPSA) is 73.1 Å². The fourth-order valence-corrected chi connectivity index (χ4v) is 1.33. The third-order valence-corrected chi connectivity index (χ3v) is 1.99. The Morgan fingerprint density at radius 2 is 2.46 bits per heavy atom. The van der Waals surface area contributed by atoms with Crippen LogP contribution in [0.5, 0.6) is 0 Å². The maximum atomic E-state index is 5.55. The molecule has 0 bridgehead atoms. The number of anilines is 1. The van der Waals surface area contributed by atoms with Crippen molar-refractivity contribution in [3.63, 3.8) is 0 Å². The number of nitrogens with two attached hydrogens (primary N) is 1. The van der Waals surface area contributed by atoms with E-state index in [1.807, 2.05) is 0 Å². The van der Waals surface area contributed by atoms with E-state index in [0.717, 1.165) is 18.8 Å². The smallest absolute Gasteiger partial charge is 0.127 e. The summed E-state index contributed by atoms with van der Waals surface area (Å²) < 4.78 is 5.31. The third-order valence-electron chi connectivity index (χ3n) is 1.99. The van der Waals surface area contributed by atoms with Gasteiger partial charge in [0.1, 0.15) is 12.1 Å². The first kappa shape index (κ1) is 8.40. The van der Waals surface area contributed by atoms with Gasteiger partial charge in [-0.2, -0.15) is 0 Å². The highest BCUT2D eigenvalue weighted by Gasteiger charge is 2.16. The number of nitrogens with one attached hydrogen (secondary N) is 1. The van der Waals surface area contributed by atoms with Gasteiger partial charge in [0.25, 0.3) is 0 Å². The zero-order chi connectivity index (χ0) is 9.10. The van der Waals surface area contributed by atoms with Gasteiger partial charge in [-0.05, 0) is 0 Å². The summed E-state index contributed by atoms with van der Waals surface area (Å²) >= 11 is 0. The van der Waals surface area contributed by atoms with E-state index >= 15 is 0 Å². The van der Waals surface area contributed by atoms with E-state index in [-0.39, 0.29) is 6.04 Å². The van der Waals surface area contributed by atoms with Crippen LogP contribution in [0.1, 0.15) is 11.7 Å². The lowest BCUT2D eigenvalue weighted by Gasteiger charge is -2.23. The van der Waals surface area contributed by atoms with Crippen LogP contribution >= 0.6 is 0 Å². The minimum absolute atomic E-state index is 0.152. The van der Waals surface area contributed by atoms with Crippen molar-refractivity contribution in [2.24, 2.45) is 0 Å². The molecule has 1 saturated heterocycles. The maximum Gasteiger partial charge on any atom is 0.127 e. The Labute approximate surface area is 76.3 Å². The Hall–Kier alpha value is -1.20. The number of aromatic nitrogens is 2. The fraction of sp³-hybridized carbons (Fsp3) is 0.500. The summed E-state index contributed by atoms with van der Waals surface area (Å²) in [7, 11) is 0. The van der Waals surface area contributed by atoms with Crippen LogP contribution in [0.2, 0.25) is 0 Å². The van der Waals surface area contributed by atoms with E-state index in [9.17, 15) is 0 Å². The van der Waals surface area contributed by atoms with Gasteiger partial charge in [-0.15, -0.1) is 0 Å². The predicted octanol–water partition coefficient (Wildman–Crippen LogP) is -0.280. The summed E-state index contributed by atoms with van der Waals surface area (Å²) in [6.07, 6.45) is 1.47. The second kappa shape index (κ2) is 3.68. The van der Waals surface area contributed by atoms with Gasteiger partial charge in [-0.1, -0.05) is 0 Å². The van der Waals surface area contributed by atoms with Crippen LogP contribution in [-0.4, -0.2) is 29.7 Å². The quantitative estimate of drug-likeness (QED) is 0.621. The Balaban J connectivity index is 2.14. The lowest BCUT2D eigenvalue weighted by atomic mass is 10.2. The standard InChI is InChI=1S/C8H12N4O/c9-8-3-6(11-5-12-8)7-4-13-2-1-10-7/h3,5,7,10H,1-2,4H2,(H2,9,11,12). The van der Waals surface area contributed by atoms with Crippen LogP contribution in [-0.2, 0) is 4.74 Å². The molecular weight excluding hydrogens is 168 g/mol. The van der Waals surface area contributed by atoms with Crippen molar-refractivity contribution in [1.29, 1.82) is 0 Å². The maximum absolute atomic E-state index is 5.55. The lowest BCUT2D eigenvalue weighted by Crippen LogP contribution is -2.35. The second-order valence-corrected chi connectivity index (χ2v) is 2.95. The molecule has 0 radical (unpaired) electrons. The van der Waals surface area contributed by atoms with Crippen molar-refractivity contribution in [1.82, 2.24) is 15.3 Å². The van der Waals surface area contributed by atoms with E-state index in [4.69, 9.17) is 10.5 Å². The van der Waals surface area contributed by atoms with Crippen molar-refractivity contribution < 1.29 is 4.74 Å². The predicted molar refractivity (Wildman–Crippen MR) is 48.0 cm³/mol. The molecule has 5 nitrogen and oxygen atoms in total. The number of ether oxygens (including phenoxy) is 1. The molecule has 13 heavy (non-hydrogen) atoms. The summed E-state index contributed by atoms with van der Waals surface area (Å²) in [4.78, 5) is 7.96. The fourth-order valence-electron chi connectivity index (χ4n) is 1.33. The van der Waals surface area contributed by atoms with E-state index in [2.05, 4.69) is 15.3 Å². The first-order chi connectivity index (χ1) is 6.36. The van der Waals surface area contributed by atoms with Gasteiger partial charge in [-0.25, -0.2) is 9.97 Å². The Kier molecular flexibility index (Phi) is 2.37. The molecule has 1 aliphatic rings. The molecule has 1 fully saturated rings. The normalized spacial score (nSPS) is 22.9. The molecule has 0 spiro atoms. The van der Waals surface area contributed by atoms with Crippen molar-refractivity contribution in [3.8, 4) is 0 Å². The Morgan fingerprint density at radius 1 is 1.54 bits per heavy atom. The summed E-state index contributed by atoms with van der Waals surface area (Å²) in [5.41, 5.74) is 6.44. The van der Waals surface area contributed by atoms with Crippen LogP contribution < -0.4 is 11.1 Å². The minimum Gasteiger partial charge on any atom is -0.384 e. The highest BCUT2D eigenvalue weighted by Crippen LogP contribution is 2.13. The van der Waals surface area contributed by atoms with Gasteiger partial charge in [0.2, 0.25) is 0 Å². The van der Waals surface area contributed by atoms with Gasteiger partial charge in [0, 0.05) is 12.6 Å². The zero-order valence-corrected chi connectivity index (χ0v) is 7.23. The summed E-state index contributed by atoms with van der Waals surface area (Å²) in [5.74, 6) is 0.498. The number of nitrogen functional groups attached to an aromatic ring is 1.